The second-order valence-corrected chi connectivity index (χ2v) is 7.35. The molecule has 0 aliphatic carbocycles. The fourth-order valence-electron chi connectivity index (χ4n) is 3.33. The molecule has 1 aromatic carbocycles. The van der Waals surface area contributed by atoms with E-state index in [4.69, 9.17) is 28.4 Å². The van der Waals surface area contributed by atoms with Crippen LogP contribution in [0.3, 0.4) is 0 Å². The van der Waals surface area contributed by atoms with Gasteiger partial charge in [0.2, 0.25) is 12.0 Å². The molecule has 0 aromatic heterocycles. The Balaban J connectivity index is 2.53. The van der Waals surface area contributed by atoms with E-state index in [0.29, 0.717) is 10.5 Å². The molecule has 0 N–H and O–H groups in total. The van der Waals surface area contributed by atoms with E-state index < -0.39 is 61.0 Å². The van der Waals surface area contributed by atoms with Gasteiger partial charge in [0.15, 0.2) is 18.4 Å². The van der Waals surface area contributed by atoms with Crippen LogP contribution in [-0.2, 0) is 42.9 Å². The van der Waals surface area contributed by atoms with E-state index in [9.17, 15) is 24.4 Å². The smallest absolute Gasteiger partial charge is 0.304 e. The summed E-state index contributed by atoms with van der Waals surface area (Å²) in [5.74, 6) is -3.54. The first-order valence-electron chi connectivity index (χ1n) is 10.3. The number of ether oxygens (including phenoxy) is 6. The SMILES string of the molecule is COc1ccc([N+]([O-])=CC2C(OC(C)=O)OC(COC(C)=O)C(OC(C)=O)C2OC(C)=O)cc1. The minimum Gasteiger partial charge on any atom is -0.618 e. The zero-order chi connectivity index (χ0) is 25.4. The summed E-state index contributed by atoms with van der Waals surface area (Å²) in [5.41, 5.74) is 0.190. The van der Waals surface area contributed by atoms with Crippen molar-refractivity contribution < 1.29 is 52.3 Å². The highest BCUT2D eigenvalue weighted by molar-refractivity contribution is 5.70. The molecule has 2 rings (SSSR count). The number of esters is 4. The maximum Gasteiger partial charge on any atom is 0.304 e. The number of hydrogen-bond acceptors (Lipinski definition) is 11. The zero-order valence-corrected chi connectivity index (χ0v) is 19.4. The quantitative estimate of drug-likeness (QED) is 0.132. The van der Waals surface area contributed by atoms with Crippen molar-refractivity contribution >= 4 is 35.8 Å². The normalized spacial score (nSPS) is 24.5. The number of hydrogen-bond donors (Lipinski definition) is 0. The summed E-state index contributed by atoms with van der Waals surface area (Å²) in [6.45, 7) is 4.14. The van der Waals surface area contributed by atoms with Crippen LogP contribution in [-0.4, -0.2) is 73.1 Å². The van der Waals surface area contributed by atoms with E-state index in [2.05, 4.69) is 0 Å². The molecule has 5 unspecified atom stereocenters. The highest BCUT2D eigenvalue weighted by Crippen LogP contribution is 2.32. The topological polar surface area (TPSA) is 150 Å². The fraction of sp³-hybridized carbons (Fsp3) is 0.500. The van der Waals surface area contributed by atoms with Gasteiger partial charge < -0.3 is 33.6 Å². The van der Waals surface area contributed by atoms with Crippen molar-refractivity contribution in [3.05, 3.63) is 29.5 Å². The Labute approximate surface area is 195 Å². The molecule has 12 heteroatoms. The fourth-order valence-corrected chi connectivity index (χ4v) is 3.33. The zero-order valence-electron chi connectivity index (χ0n) is 19.4. The van der Waals surface area contributed by atoms with Crippen molar-refractivity contribution in [1.82, 2.24) is 0 Å². The molecule has 1 heterocycles. The molecule has 1 fully saturated rings. The van der Waals surface area contributed by atoms with Gasteiger partial charge in [-0.3, -0.25) is 19.2 Å². The lowest BCUT2D eigenvalue weighted by molar-refractivity contribution is -0.364. The largest absolute Gasteiger partial charge is 0.618 e. The van der Waals surface area contributed by atoms with Gasteiger partial charge in [0.1, 0.15) is 24.4 Å². The maximum atomic E-state index is 12.9. The summed E-state index contributed by atoms with van der Waals surface area (Å²) in [7, 11) is 1.48. The van der Waals surface area contributed by atoms with Crippen LogP contribution in [0.15, 0.2) is 24.3 Å². The minimum absolute atomic E-state index is 0.190. The van der Waals surface area contributed by atoms with Gasteiger partial charge in [-0.25, -0.2) is 0 Å². The van der Waals surface area contributed by atoms with Crippen molar-refractivity contribution in [3.8, 4) is 5.75 Å². The predicted molar refractivity (Wildman–Crippen MR) is 114 cm³/mol. The molecule has 0 radical (unpaired) electrons. The Hall–Kier alpha value is -3.67. The second kappa shape index (κ2) is 12.0. The van der Waals surface area contributed by atoms with E-state index in [1.54, 1.807) is 12.1 Å². The lowest BCUT2D eigenvalue weighted by Crippen LogP contribution is -2.60. The second-order valence-electron chi connectivity index (χ2n) is 7.35. The van der Waals surface area contributed by atoms with Crippen LogP contribution in [0.2, 0.25) is 0 Å². The molecule has 186 valence electrons. The van der Waals surface area contributed by atoms with Crippen LogP contribution in [0, 0.1) is 11.1 Å². The Morgan fingerprint density at radius 1 is 0.912 bits per heavy atom. The number of methoxy groups -OCH3 is 1. The van der Waals surface area contributed by atoms with Gasteiger partial charge in [0, 0.05) is 39.8 Å². The van der Waals surface area contributed by atoms with Gasteiger partial charge in [0.05, 0.1) is 7.11 Å². The molecule has 34 heavy (non-hydrogen) atoms. The van der Waals surface area contributed by atoms with Gasteiger partial charge in [-0.1, -0.05) is 0 Å². The van der Waals surface area contributed by atoms with E-state index in [1.165, 1.54) is 19.2 Å². The first-order chi connectivity index (χ1) is 16.0. The van der Waals surface area contributed by atoms with Crippen LogP contribution in [0.4, 0.5) is 5.69 Å². The molecule has 1 aromatic rings. The van der Waals surface area contributed by atoms with Crippen LogP contribution < -0.4 is 4.74 Å². The van der Waals surface area contributed by atoms with Crippen LogP contribution in [0.25, 0.3) is 0 Å². The number of carbonyl (C=O) groups excluding carboxylic acids is 4. The molecule has 1 aliphatic heterocycles. The third kappa shape index (κ3) is 7.44. The standard InChI is InChI=1S/C22H27NO11/c1-12(24)30-11-19-21(32-14(3)26)20(31-13(2)25)18(22(34-19)33-15(4)27)10-23(28)16-6-8-17(29-5)9-7-16/h6-10,18-22H,11H2,1-5H3. The number of benzene rings is 1. The summed E-state index contributed by atoms with van der Waals surface area (Å²) in [6.07, 6.45) is -4.09. The number of carbonyl (C=O) groups is 4. The molecule has 1 saturated heterocycles. The van der Waals surface area contributed by atoms with Gasteiger partial charge in [-0.2, -0.15) is 4.74 Å². The Kier molecular flexibility index (Phi) is 9.36. The Bertz CT molecular complexity index is 927. The Morgan fingerprint density at radius 2 is 1.47 bits per heavy atom. The first-order valence-corrected chi connectivity index (χ1v) is 10.3. The van der Waals surface area contributed by atoms with E-state index in [0.717, 1.165) is 33.9 Å². The summed E-state index contributed by atoms with van der Waals surface area (Å²) in [6, 6.07) is 6.10. The average molecular weight is 481 g/mol. The number of rotatable bonds is 8. The highest BCUT2D eigenvalue weighted by Gasteiger charge is 2.52. The van der Waals surface area contributed by atoms with Crippen molar-refractivity contribution in [2.45, 2.75) is 52.3 Å². The molecule has 12 nitrogen and oxygen atoms in total. The first kappa shape index (κ1) is 26.6. The molecule has 0 amide bonds. The minimum atomic E-state index is -1.43. The van der Waals surface area contributed by atoms with Gasteiger partial charge in [-0.05, 0) is 12.1 Å². The highest BCUT2D eigenvalue weighted by atomic mass is 16.7. The molecule has 5 atom stereocenters. The van der Waals surface area contributed by atoms with Gasteiger partial charge in [0.25, 0.3) is 0 Å². The molecular weight excluding hydrogens is 454 g/mol. The van der Waals surface area contributed by atoms with E-state index in [1.807, 2.05) is 0 Å². The lowest BCUT2D eigenvalue weighted by Gasteiger charge is -2.42. The van der Waals surface area contributed by atoms with Crippen LogP contribution in [0.5, 0.6) is 5.75 Å². The van der Waals surface area contributed by atoms with Crippen LogP contribution in [0.1, 0.15) is 27.7 Å². The van der Waals surface area contributed by atoms with Crippen LogP contribution >= 0.6 is 0 Å². The van der Waals surface area contributed by atoms with E-state index in [-0.39, 0.29) is 5.69 Å². The lowest BCUT2D eigenvalue weighted by atomic mass is 9.91. The van der Waals surface area contributed by atoms with Crippen molar-refractivity contribution in [3.63, 3.8) is 0 Å². The molecule has 0 bridgehead atoms. The van der Waals surface area contributed by atoms with Gasteiger partial charge >= 0.3 is 23.9 Å². The maximum absolute atomic E-state index is 12.9. The molecular formula is C22H27NO11. The van der Waals surface area contributed by atoms with Crippen molar-refractivity contribution in [2.24, 2.45) is 5.92 Å². The summed E-state index contributed by atoms with van der Waals surface area (Å²) in [5, 5.41) is 12.9. The predicted octanol–water partition coefficient (Wildman–Crippen LogP) is 1.24. The van der Waals surface area contributed by atoms with Crippen molar-refractivity contribution in [1.29, 1.82) is 0 Å². The average Bonchev–Trinajstić information content (AvgIpc) is 2.75. The molecule has 0 saturated carbocycles. The summed E-state index contributed by atoms with van der Waals surface area (Å²) < 4.78 is 32.2. The summed E-state index contributed by atoms with van der Waals surface area (Å²) >= 11 is 0. The molecule has 1 aliphatic rings. The van der Waals surface area contributed by atoms with Crippen molar-refractivity contribution in [2.75, 3.05) is 13.7 Å². The Morgan fingerprint density at radius 3 is 1.97 bits per heavy atom. The molecule has 0 spiro atoms. The number of nitrogens with zero attached hydrogens (tertiary/aromatic N) is 1. The van der Waals surface area contributed by atoms with E-state index >= 15 is 0 Å². The van der Waals surface area contributed by atoms with Gasteiger partial charge in [-0.15, -0.1) is 0 Å². The monoisotopic (exact) mass is 481 g/mol. The third-order valence-corrected chi connectivity index (χ3v) is 4.66. The summed E-state index contributed by atoms with van der Waals surface area (Å²) in [4.78, 5) is 46.8. The third-order valence-electron chi connectivity index (χ3n) is 4.66.